The summed E-state index contributed by atoms with van der Waals surface area (Å²) >= 11 is 0. The van der Waals surface area contributed by atoms with Crippen molar-refractivity contribution >= 4 is 28.4 Å². The molecule has 11 heteroatoms. The number of rotatable bonds is 6. The zero-order chi connectivity index (χ0) is 26.5. The van der Waals surface area contributed by atoms with Gasteiger partial charge in [0.15, 0.2) is 6.61 Å². The molecule has 0 aliphatic carbocycles. The Labute approximate surface area is 206 Å². The molecule has 0 radical (unpaired) electrons. The van der Waals surface area contributed by atoms with Crippen LogP contribution in [0, 0.1) is 0 Å². The molecule has 0 amide bonds. The molecule has 4 rings (SSSR count). The number of carbonyl (C=O) groups is 1. The first kappa shape index (κ1) is 25.6. The van der Waals surface area contributed by atoms with Crippen LogP contribution in [0.25, 0.3) is 10.8 Å². The molecule has 0 fully saturated rings. The topological polar surface area (TPSA) is 112 Å². The lowest BCUT2D eigenvalue weighted by Gasteiger charge is -2.36. The molecule has 0 unspecified atom stereocenters. The molecule has 36 heavy (non-hydrogen) atoms. The maximum atomic E-state index is 12.8. The Balaban J connectivity index is 1.75. The molecule has 1 aliphatic rings. The number of nitrogens with two attached hydrogens (primary N) is 1. The highest BCUT2D eigenvalue weighted by Gasteiger charge is 2.40. The molecule has 1 aliphatic heterocycles. The number of carbonyl (C=O) groups excluding carboxylic acids is 1. The van der Waals surface area contributed by atoms with Crippen LogP contribution in [0.3, 0.4) is 0 Å². The van der Waals surface area contributed by atoms with Crippen LogP contribution in [0.4, 0.5) is 24.8 Å². The van der Waals surface area contributed by atoms with Crippen LogP contribution in [0.15, 0.2) is 30.6 Å². The smallest absolute Gasteiger partial charge is 0.422 e. The lowest BCUT2D eigenvalue weighted by atomic mass is 9.84. The Hall–Kier alpha value is -3.47. The Morgan fingerprint density at radius 1 is 1.17 bits per heavy atom. The van der Waals surface area contributed by atoms with Crippen LogP contribution in [0.2, 0.25) is 0 Å². The number of esters is 1. The zero-order valence-electron chi connectivity index (χ0n) is 20.7. The summed E-state index contributed by atoms with van der Waals surface area (Å²) in [6, 6.07) is 4.96. The van der Waals surface area contributed by atoms with E-state index < -0.39 is 29.9 Å². The third-order valence-electron chi connectivity index (χ3n) is 6.67. The SMILES string of the molecule is CC[C@](C)(N)c1cnc(OCC(F)(F)F)c2cnc(Nc3ccc4c(n3)[C@@H](C)C(C)(C)OC4=O)cc12. The van der Waals surface area contributed by atoms with Gasteiger partial charge in [0.05, 0.1) is 16.6 Å². The normalized spacial score (nSPS) is 18.8. The summed E-state index contributed by atoms with van der Waals surface area (Å²) in [6.45, 7) is 7.85. The standard InChI is InChI=1S/C25H28F3N5O3/c1-6-24(5,29)17-11-31-21(35-12-25(26,27)28)16-10-30-19(9-15(16)17)32-18-8-7-14-20(33-18)13(2)23(3,4)36-22(14)34/h7-11,13H,6,12,29H2,1-5H3,(H,30,32,33)/t13-,24+/m1/s1. The summed E-state index contributed by atoms with van der Waals surface area (Å²) in [7, 11) is 0. The molecular weight excluding hydrogens is 475 g/mol. The molecule has 8 nitrogen and oxygen atoms in total. The van der Waals surface area contributed by atoms with E-state index in [9.17, 15) is 18.0 Å². The Bertz CT molecular complexity index is 1320. The molecular formula is C25H28F3N5O3. The molecule has 0 spiro atoms. The lowest BCUT2D eigenvalue weighted by Crippen LogP contribution is -2.39. The second-order valence-corrected chi connectivity index (χ2v) is 9.74. The fraction of sp³-hybridized carbons (Fsp3) is 0.440. The van der Waals surface area contributed by atoms with E-state index >= 15 is 0 Å². The van der Waals surface area contributed by atoms with Gasteiger partial charge in [0.2, 0.25) is 5.88 Å². The van der Waals surface area contributed by atoms with Crippen molar-refractivity contribution in [3.8, 4) is 5.88 Å². The van der Waals surface area contributed by atoms with Crippen LogP contribution < -0.4 is 15.8 Å². The van der Waals surface area contributed by atoms with Crippen molar-refractivity contribution in [3.05, 3.63) is 47.4 Å². The Morgan fingerprint density at radius 2 is 1.89 bits per heavy atom. The molecule has 0 saturated carbocycles. The van der Waals surface area contributed by atoms with E-state index in [4.69, 9.17) is 15.2 Å². The number of cyclic esters (lactones) is 1. The van der Waals surface area contributed by atoms with Gasteiger partial charge in [-0.25, -0.2) is 19.7 Å². The average molecular weight is 504 g/mol. The van der Waals surface area contributed by atoms with E-state index in [-0.39, 0.29) is 11.8 Å². The van der Waals surface area contributed by atoms with Gasteiger partial charge in [-0.3, -0.25) is 0 Å². The van der Waals surface area contributed by atoms with Crippen LogP contribution >= 0.6 is 0 Å². The van der Waals surface area contributed by atoms with Crippen molar-refractivity contribution in [1.29, 1.82) is 0 Å². The number of pyridine rings is 3. The monoisotopic (exact) mass is 503 g/mol. The Morgan fingerprint density at radius 3 is 2.56 bits per heavy atom. The number of hydrogen-bond acceptors (Lipinski definition) is 8. The first-order valence-corrected chi connectivity index (χ1v) is 11.5. The van der Waals surface area contributed by atoms with E-state index in [2.05, 4.69) is 20.3 Å². The Kier molecular flexibility index (Phi) is 6.32. The molecule has 0 aromatic carbocycles. The van der Waals surface area contributed by atoms with Gasteiger partial charge in [0.25, 0.3) is 0 Å². The summed E-state index contributed by atoms with van der Waals surface area (Å²) in [4.78, 5) is 25.5. The third-order valence-corrected chi connectivity index (χ3v) is 6.67. The molecule has 3 aromatic rings. The van der Waals surface area contributed by atoms with Crippen molar-refractivity contribution in [2.24, 2.45) is 5.73 Å². The van der Waals surface area contributed by atoms with Gasteiger partial charge in [-0.15, -0.1) is 0 Å². The second-order valence-electron chi connectivity index (χ2n) is 9.74. The number of ether oxygens (including phenoxy) is 2. The summed E-state index contributed by atoms with van der Waals surface area (Å²) in [5.41, 5.74) is 6.62. The van der Waals surface area contributed by atoms with Gasteiger partial charge in [-0.05, 0) is 56.3 Å². The predicted molar refractivity (Wildman–Crippen MR) is 128 cm³/mol. The average Bonchev–Trinajstić information content (AvgIpc) is 2.80. The molecule has 2 atom stereocenters. The molecule has 3 N–H and O–H groups in total. The second kappa shape index (κ2) is 8.88. The van der Waals surface area contributed by atoms with Crippen LogP contribution in [-0.2, 0) is 10.3 Å². The van der Waals surface area contributed by atoms with Crippen molar-refractivity contribution < 1.29 is 27.4 Å². The van der Waals surface area contributed by atoms with Gasteiger partial charge in [0.1, 0.15) is 17.2 Å². The van der Waals surface area contributed by atoms with Gasteiger partial charge < -0.3 is 20.5 Å². The van der Waals surface area contributed by atoms with E-state index in [0.717, 1.165) is 0 Å². The highest BCUT2D eigenvalue weighted by Crippen LogP contribution is 2.38. The highest BCUT2D eigenvalue weighted by atomic mass is 19.4. The minimum atomic E-state index is -4.51. The molecule has 4 heterocycles. The fourth-order valence-corrected chi connectivity index (χ4v) is 3.98. The largest absolute Gasteiger partial charge is 0.468 e. The minimum absolute atomic E-state index is 0.148. The quantitative estimate of drug-likeness (QED) is 0.433. The van der Waals surface area contributed by atoms with Crippen molar-refractivity contribution in [1.82, 2.24) is 15.0 Å². The molecule has 192 valence electrons. The van der Waals surface area contributed by atoms with Crippen LogP contribution in [0.1, 0.15) is 68.6 Å². The first-order valence-electron chi connectivity index (χ1n) is 11.5. The van der Waals surface area contributed by atoms with Gasteiger partial charge >= 0.3 is 12.1 Å². The van der Waals surface area contributed by atoms with Crippen LogP contribution in [-0.4, -0.2) is 39.3 Å². The summed E-state index contributed by atoms with van der Waals surface area (Å²) in [6.07, 6.45) is -1.11. The number of nitrogens with one attached hydrogen (secondary N) is 1. The molecule has 0 saturated heterocycles. The number of aromatic nitrogens is 3. The van der Waals surface area contributed by atoms with Gasteiger partial charge in [0, 0.05) is 23.9 Å². The van der Waals surface area contributed by atoms with Crippen molar-refractivity contribution in [2.75, 3.05) is 11.9 Å². The minimum Gasteiger partial charge on any atom is -0.468 e. The molecule has 0 bridgehead atoms. The highest BCUT2D eigenvalue weighted by molar-refractivity contribution is 5.93. The number of nitrogens with zero attached hydrogens (tertiary/aromatic N) is 3. The summed E-state index contributed by atoms with van der Waals surface area (Å²) in [5.74, 6) is 0.0827. The molecule has 3 aromatic heterocycles. The van der Waals surface area contributed by atoms with E-state index in [0.29, 0.717) is 45.6 Å². The number of anilines is 2. The van der Waals surface area contributed by atoms with E-state index in [1.54, 1.807) is 18.2 Å². The van der Waals surface area contributed by atoms with Crippen molar-refractivity contribution in [2.45, 2.75) is 64.3 Å². The van der Waals surface area contributed by atoms with E-state index in [1.165, 1.54) is 12.4 Å². The van der Waals surface area contributed by atoms with Crippen LogP contribution in [0.5, 0.6) is 5.88 Å². The number of hydrogen-bond donors (Lipinski definition) is 2. The van der Waals surface area contributed by atoms with E-state index in [1.807, 2.05) is 34.6 Å². The fourth-order valence-electron chi connectivity index (χ4n) is 3.98. The number of halogens is 3. The predicted octanol–water partition coefficient (Wildman–Crippen LogP) is 5.35. The van der Waals surface area contributed by atoms with Gasteiger partial charge in [-0.2, -0.15) is 13.2 Å². The van der Waals surface area contributed by atoms with Crippen molar-refractivity contribution in [3.63, 3.8) is 0 Å². The summed E-state index contributed by atoms with van der Waals surface area (Å²) in [5, 5.41) is 3.99. The van der Waals surface area contributed by atoms with Gasteiger partial charge in [-0.1, -0.05) is 13.8 Å². The number of fused-ring (bicyclic) bond motifs is 2. The first-order chi connectivity index (χ1) is 16.7. The third kappa shape index (κ3) is 4.92. The lowest BCUT2D eigenvalue weighted by molar-refractivity contribution is -0.153. The number of alkyl halides is 3. The summed E-state index contributed by atoms with van der Waals surface area (Å²) < 4.78 is 48.7. The maximum Gasteiger partial charge on any atom is 0.422 e. The zero-order valence-corrected chi connectivity index (χ0v) is 20.7. The maximum absolute atomic E-state index is 12.8.